The van der Waals surface area contributed by atoms with Crippen molar-refractivity contribution < 1.29 is 9.59 Å². The molecule has 6 heteroatoms. The molecule has 0 saturated carbocycles. The molecule has 108 valence electrons. The van der Waals surface area contributed by atoms with Gasteiger partial charge < -0.3 is 16.0 Å². The summed E-state index contributed by atoms with van der Waals surface area (Å²) in [7, 11) is 0. The predicted octanol–water partition coefficient (Wildman–Crippen LogP) is -0.996. The molecule has 0 radical (unpaired) electrons. The fraction of sp³-hybridized carbons (Fsp3) is 0.846. The van der Waals surface area contributed by atoms with Crippen molar-refractivity contribution >= 4 is 11.8 Å². The van der Waals surface area contributed by atoms with Gasteiger partial charge in [-0.05, 0) is 18.8 Å². The van der Waals surface area contributed by atoms with E-state index in [-0.39, 0.29) is 17.9 Å². The predicted molar refractivity (Wildman–Crippen MR) is 72.4 cm³/mol. The summed E-state index contributed by atoms with van der Waals surface area (Å²) in [4.78, 5) is 27.5. The van der Waals surface area contributed by atoms with Gasteiger partial charge in [0.25, 0.3) is 0 Å². The average molecular weight is 268 g/mol. The Morgan fingerprint density at radius 2 is 1.95 bits per heavy atom. The van der Waals surface area contributed by atoms with E-state index in [0.717, 1.165) is 32.5 Å². The highest BCUT2D eigenvalue weighted by Gasteiger charge is 2.30. The zero-order valence-electron chi connectivity index (χ0n) is 11.6. The number of likely N-dealkylation sites (tertiary alicyclic amines) is 1. The Bertz CT molecular complexity index is 340. The van der Waals surface area contributed by atoms with E-state index in [1.165, 1.54) is 0 Å². The number of nitrogens with two attached hydrogens (primary N) is 1. The maximum absolute atomic E-state index is 12.3. The maximum Gasteiger partial charge on any atom is 0.236 e. The van der Waals surface area contributed by atoms with Crippen molar-refractivity contribution in [3.05, 3.63) is 0 Å². The molecule has 0 bridgehead atoms. The number of nitrogens with one attached hydrogen (secondary N) is 1. The quantitative estimate of drug-likeness (QED) is 0.688. The van der Waals surface area contributed by atoms with Crippen LogP contribution in [0.15, 0.2) is 0 Å². The van der Waals surface area contributed by atoms with Gasteiger partial charge in [-0.2, -0.15) is 0 Å². The normalized spacial score (nSPS) is 26.4. The van der Waals surface area contributed by atoms with Crippen LogP contribution in [-0.2, 0) is 9.59 Å². The molecule has 2 aliphatic rings. The molecule has 19 heavy (non-hydrogen) atoms. The zero-order chi connectivity index (χ0) is 13.8. The van der Waals surface area contributed by atoms with E-state index in [1.54, 1.807) is 0 Å². The highest BCUT2D eigenvalue weighted by Crippen LogP contribution is 2.16. The summed E-state index contributed by atoms with van der Waals surface area (Å²) >= 11 is 0. The lowest BCUT2D eigenvalue weighted by Crippen LogP contribution is -2.59. The van der Waals surface area contributed by atoms with Gasteiger partial charge in [-0.15, -0.1) is 0 Å². The summed E-state index contributed by atoms with van der Waals surface area (Å²) in [6.07, 6.45) is 2.15. The fourth-order valence-electron chi connectivity index (χ4n) is 2.75. The van der Waals surface area contributed by atoms with E-state index in [1.807, 2.05) is 9.80 Å². The monoisotopic (exact) mass is 268 g/mol. The molecule has 2 fully saturated rings. The standard InChI is InChI=1S/C13H24N4O2/c1-10-2-5-16(6-3-10)12(18)9-17-7-4-15-8-11(17)13(14)19/h10-11,15H,2-9H2,1H3,(H2,14,19). The first-order valence-electron chi connectivity index (χ1n) is 7.10. The topological polar surface area (TPSA) is 78.7 Å². The molecule has 0 aromatic heterocycles. The Morgan fingerprint density at radius 1 is 1.26 bits per heavy atom. The summed E-state index contributed by atoms with van der Waals surface area (Å²) < 4.78 is 0. The molecule has 6 nitrogen and oxygen atoms in total. The summed E-state index contributed by atoms with van der Waals surface area (Å²) in [5, 5.41) is 3.14. The lowest BCUT2D eigenvalue weighted by atomic mass is 9.99. The summed E-state index contributed by atoms with van der Waals surface area (Å²) in [5.41, 5.74) is 5.38. The average Bonchev–Trinajstić information content (AvgIpc) is 2.39. The Morgan fingerprint density at radius 3 is 2.58 bits per heavy atom. The smallest absolute Gasteiger partial charge is 0.236 e. The minimum Gasteiger partial charge on any atom is -0.368 e. The molecular formula is C13H24N4O2. The molecular weight excluding hydrogens is 244 g/mol. The first-order valence-corrected chi connectivity index (χ1v) is 7.10. The Kier molecular flexibility index (Phi) is 4.76. The Labute approximate surface area is 114 Å². The van der Waals surface area contributed by atoms with Crippen molar-refractivity contribution in [2.45, 2.75) is 25.8 Å². The van der Waals surface area contributed by atoms with Crippen LogP contribution in [0.4, 0.5) is 0 Å². The van der Waals surface area contributed by atoms with E-state index in [2.05, 4.69) is 12.2 Å². The van der Waals surface area contributed by atoms with Crippen LogP contribution in [-0.4, -0.2) is 66.9 Å². The molecule has 1 atom stereocenters. The number of carbonyl (C=O) groups is 2. The van der Waals surface area contributed by atoms with Gasteiger partial charge in [0.1, 0.15) is 6.04 Å². The van der Waals surface area contributed by atoms with Gasteiger partial charge in [0.2, 0.25) is 11.8 Å². The van der Waals surface area contributed by atoms with Crippen LogP contribution in [0.1, 0.15) is 19.8 Å². The van der Waals surface area contributed by atoms with E-state index in [9.17, 15) is 9.59 Å². The van der Waals surface area contributed by atoms with E-state index in [4.69, 9.17) is 5.73 Å². The second-order valence-electron chi connectivity index (χ2n) is 5.66. The molecule has 2 rings (SSSR count). The number of amides is 2. The maximum atomic E-state index is 12.3. The van der Waals surface area contributed by atoms with Gasteiger partial charge in [0, 0.05) is 32.7 Å². The van der Waals surface area contributed by atoms with E-state index < -0.39 is 0 Å². The Balaban J connectivity index is 1.88. The van der Waals surface area contributed by atoms with Crippen LogP contribution >= 0.6 is 0 Å². The number of primary amides is 1. The molecule has 3 N–H and O–H groups in total. The highest BCUT2D eigenvalue weighted by molar-refractivity contribution is 5.82. The van der Waals surface area contributed by atoms with Gasteiger partial charge in [0.15, 0.2) is 0 Å². The molecule has 2 saturated heterocycles. The minimum atomic E-state index is -0.360. The van der Waals surface area contributed by atoms with Crippen molar-refractivity contribution in [1.29, 1.82) is 0 Å². The molecule has 0 aromatic carbocycles. The first kappa shape index (κ1) is 14.3. The van der Waals surface area contributed by atoms with Gasteiger partial charge >= 0.3 is 0 Å². The molecule has 0 aliphatic carbocycles. The van der Waals surface area contributed by atoms with E-state index >= 15 is 0 Å². The number of rotatable bonds is 3. The van der Waals surface area contributed by atoms with Crippen molar-refractivity contribution in [3.8, 4) is 0 Å². The summed E-state index contributed by atoms with van der Waals surface area (Å²) in [6, 6.07) is -0.360. The SMILES string of the molecule is CC1CCN(C(=O)CN2CCNCC2C(N)=O)CC1. The molecule has 2 amide bonds. The third-order valence-electron chi connectivity index (χ3n) is 4.16. The minimum absolute atomic E-state index is 0.125. The van der Waals surface area contributed by atoms with Crippen LogP contribution in [0.5, 0.6) is 0 Å². The third kappa shape index (κ3) is 3.67. The first-order chi connectivity index (χ1) is 9.08. The summed E-state index contributed by atoms with van der Waals surface area (Å²) in [5.74, 6) is 0.480. The molecule has 0 aromatic rings. The van der Waals surface area contributed by atoms with Gasteiger partial charge in [-0.25, -0.2) is 0 Å². The molecule has 0 spiro atoms. The van der Waals surface area contributed by atoms with Crippen LogP contribution in [0, 0.1) is 5.92 Å². The van der Waals surface area contributed by atoms with Gasteiger partial charge in [-0.1, -0.05) is 6.92 Å². The highest BCUT2D eigenvalue weighted by atomic mass is 16.2. The third-order valence-corrected chi connectivity index (χ3v) is 4.16. The van der Waals surface area contributed by atoms with Crippen LogP contribution in [0.25, 0.3) is 0 Å². The van der Waals surface area contributed by atoms with E-state index in [0.29, 0.717) is 25.6 Å². The number of hydrogen-bond donors (Lipinski definition) is 2. The lowest BCUT2D eigenvalue weighted by Gasteiger charge is -2.36. The van der Waals surface area contributed by atoms with Gasteiger partial charge in [-0.3, -0.25) is 14.5 Å². The number of piperidine rings is 1. The van der Waals surface area contributed by atoms with Crippen molar-refractivity contribution in [2.75, 3.05) is 39.3 Å². The van der Waals surface area contributed by atoms with Crippen LogP contribution in [0.3, 0.4) is 0 Å². The largest absolute Gasteiger partial charge is 0.368 e. The molecule has 1 unspecified atom stereocenters. The number of hydrogen-bond acceptors (Lipinski definition) is 4. The molecule has 2 heterocycles. The second kappa shape index (κ2) is 6.34. The van der Waals surface area contributed by atoms with Gasteiger partial charge in [0.05, 0.1) is 6.54 Å². The number of nitrogens with zero attached hydrogens (tertiary/aromatic N) is 2. The zero-order valence-corrected chi connectivity index (χ0v) is 11.6. The van der Waals surface area contributed by atoms with Crippen molar-refractivity contribution in [3.63, 3.8) is 0 Å². The number of carbonyl (C=O) groups excluding carboxylic acids is 2. The summed E-state index contributed by atoms with van der Waals surface area (Å²) in [6.45, 7) is 6.25. The van der Waals surface area contributed by atoms with Crippen molar-refractivity contribution in [1.82, 2.24) is 15.1 Å². The fourth-order valence-corrected chi connectivity index (χ4v) is 2.75. The van der Waals surface area contributed by atoms with Crippen LogP contribution < -0.4 is 11.1 Å². The lowest BCUT2D eigenvalue weighted by molar-refractivity contribution is -0.135. The molecule has 2 aliphatic heterocycles. The Hall–Kier alpha value is -1.14. The van der Waals surface area contributed by atoms with Crippen molar-refractivity contribution in [2.24, 2.45) is 11.7 Å². The van der Waals surface area contributed by atoms with Crippen LogP contribution in [0.2, 0.25) is 0 Å². The second-order valence-corrected chi connectivity index (χ2v) is 5.66. The number of piperazine rings is 1.